The Labute approximate surface area is 244 Å². The predicted molar refractivity (Wildman–Crippen MR) is 152 cm³/mol. The van der Waals surface area contributed by atoms with Gasteiger partial charge in [0, 0.05) is 26.5 Å². The molecule has 5 aliphatic heterocycles. The van der Waals surface area contributed by atoms with Gasteiger partial charge in [-0.15, -0.1) is 0 Å². The fraction of sp³-hybridized carbons (Fsp3) is 0.138. The number of hydrogen-bond acceptors (Lipinski definition) is 7. The zero-order valence-corrected chi connectivity index (χ0v) is 22.7. The van der Waals surface area contributed by atoms with Gasteiger partial charge < -0.3 is 14.5 Å². The Kier molecular flexibility index (Phi) is 5.92. The molecule has 0 aliphatic carbocycles. The van der Waals surface area contributed by atoms with Crippen LogP contribution in [0.3, 0.4) is 0 Å². The van der Waals surface area contributed by atoms with E-state index in [0.29, 0.717) is 0 Å². The number of H-pyrrole nitrogens is 1. The number of halogens is 6. The first-order valence-electron chi connectivity index (χ1n) is 13.0. The first kappa shape index (κ1) is 27.4. The minimum atomic E-state index is -4.85. The van der Waals surface area contributed by atoms with Crippen LogP contribution in [0.2, 0.25) is 0 Å². The molecule has 0 aromatic carbocycles. The fourth-order valence-corrected chi connectivity index (χ4v) is 5.37. The number of alkyl halides is 6. The van der Waals surface area contributed by atoms with E-state index < -0.39 is 40.6 Å². The lowest BCUT2D eigenvalue weighted by atomic mass is 10.0. The number of aromatic nitrogens is 3. The lowest BCUT2D eigenvalue weighted by molar-refractivity contribution is -0.0866. The molecule has 0 atom stereocenters. The van der Waals surface area contributed by atoms with E-state index >= 15 is 0 Å². The Balaban J connectivity index is 1.58. The highest BCUT2D eigenvalue weighted by Crippen LogP contribution is 2.41. The number of nitrogens with zero attached hydrogens (tertiary/aromatic N) is 7. The van der Waals surface area contributed by atoms with Gasteiger partial charge in [-0.1, -0.05) is 0 Å². The van der Waals surface area contributed by atoms with Crippen LogP contribution in [0, 0.1) is 0 Å². The van der Waals surface area contributed by atoms with Gasteiger partial charge in [0.25, 0.3) is 0 Å². The molecule has 7 heterocycles. The molecule has 0 saturated heterocycles. The maximum Gasteiger partial charge on any atom is 0.420 e. The highest BCUT2D eigenvalue weighted by Gasteiger charge is 2.42. The SMILES string of the molecule is CN1C=NNC1=C1C2=NC(=C(C(F)(F)F)C3=NC(=C(c4nccn4C)c4ccc([nH]4)C(C(F)(F)F)=C4C=CC1=N4)C=C3)C=C2. The second-order valence-electron chi connectivity index (χ2n) is 10.1. The summed E-state index contributed by atoms with van der Waals surface area (Å²) < 4.78 is 89.6. The van der Waals surface area contributed by atoms with Gasteiger partial charge in [0.15, 0.2) is 0 Å². The van der Waals surface area contributed by atoms with Crippen molar-refractivity contribution in [1.29, 1.82) is 0 Å². The fourth-order valence-electron chi connectivity index (χ4n) is 5.37. The van der Waals surface area contributed by atoms with Crippen molar-refractivity contribution in [1.82, 2.24) is 24.9 Å². The van der Waals surface area contributed by atoms with Crippen molar-refractivity contribution in [2.45, 2.75) is 12.4 Å². The number of allylic oxidation sites excluding steroid dienone is 9. The maximum atomic E-state index is 14.7. The van der Waals surface area contributed by atoms with Crippen LogP contribution in [-0.2, 0) is 7.05 Å². The summed E-state index contributed by atoms with van der Waals surface area (Å²) in [5, 5.41) is 3.95. The number of aryl methyl sites for hydroxylation is 1. The number of rotatable bonds is 1. The standard InChI is InChI=1S/C29H19F6N9/c1-43-12-11-36-26(43)22-14-3-7-18(38-14)24(28(30,31)32)20-9-5-16(40-20)23(27-42-37-13-44(27)2)17-6-10-21(41-17)25(29(33,34)35)19-8-4-15(22)39-19/h3-13,38,42H,1-2H3. The van der Waals surface area contributed by atoms with Crippen LogP contribution in [0.5, 0.6) is 0 Å². The second kappa shape index (κ2) is 9.52. The number of imidazole rings is 1. The zero-order chi connectivity index (χ0) is 31.0. The molecule has 7 rings (SSSR count). The van der Waals surface area contributed by atoms with E-state index in [1.54, 1.807) is 24.9 Å². The van der Waals surface area contributed by atoms with Gasteiger partial charge in [0.2, 0.25) is 0 Å². The van der Waals surface area contributed by atoms with Crippen LogP contribution in [-0.4, -0.2) is 62.3 Å². The lowest BCUT2D eigenvalue weighted by Gasteiger charge is -2.16. The molecule has 8 bridgehead atoms. The summed E-state index contributed by atoms with van der Waals surface area (Å²) in [5.74, 6) is 0.549. The number of fused-ring (bicyclic) bond motifs is 5. The molecule has 9 nitrogen and oxygen atoms in total. The van der Waals surface area contributed by atoms with Gasteiger partial charge in [-0.25, -0.2) is 20.0 Å². The van der Waals surface area contributed by atoms with Crippen LogP contribution in [0.1, 0.15) is 17.2 Å². The molecule has 0 amide bonds. The molecule has 44 heavy (non-hydrogen) atoms. The molecule has 222 valence electrons. The third kappa shape index (κ3) is 4.39. The Morgan fingerprint density at radius 2 is 1.27 bits per heavy atom. The van der Waals surface area contributed by atoms with Crippen molar-refractivity contribution in [3.8, 4) is 0 Å². The summed E-state index contributed by atoms with van der Waals surface area (Å²) >= 11 is 0. The second-order valence-corrected chi connectivity index (χ2v) is 10.1. The third-order valence-corrected chi connectivity index (χ3v) is 7.28. The van der Waals surface area contributed by atoms with Gasteiger partial charge in [-0.2, -0.15) is 31.4 Å². The Bertz CT molecular complexity index is 1980. The number of nitrogens with one attached hydrogen (secondary N) is 2. The smallest absolute Gasteiger partial charge is 0.354 e. The van der Waals surface area contributed by atoms with Crippen molar-refractivity contribution in [2.75, 3.05) is 7.05 Å². The van der Waals surface area contributed by atoms with E-state index in [1.807, 2.05) is 0 Å². The Morgan fingerprint density at radius 3 is 1.86 bits per heavy atom. The molecule has 15 heteroatoms. The number of hydrazone groups is 1. The van der Waals surface area contributed by atoms with Crippen LogP contribution in [0.25, 0.3) is 11.1 Å². The molecule has 2 aromatic rings. The molecular weight excluding hydrogens is 588 g/mol. The largest absolute Gasteiger partial charge is 0.420 e. The summed E-state index contributed by atoms with van der Waals surface area (Å²) in [6.45, 7) is 0. The Hall–Kier alpha value is -5.47. The lowest BCUT2D eigenvalue weighted by Crippen LogP contribution is -2.24. The normalized spacial score (nSPS) is 21.3. The molecule has 0 fully saturated rings. The number of hydrogen-bond donors (Lipinski definition) is 2. The molecule has 2 N–H and O–H groups in total. The first-order chi connectivity index (χ1) is 20.9. The average molecular weight is 608 g/mol. The average Bonchev–Trinajstić information content (AvgIpc) is 3.76. The molecule has 2 aromatic heterocycles. The van der Waals surface area contributed by atoms with Crippen molar-refractivity contribution in [2.24, 2.45) is 27.1 Å². The third-order valence-electron chi connectivity index (χ3n) is 7.28. The summed E-state index contributed by atoms with van der Waals surface area (Å²) in [6, 6.07) is 2.65. The van der Waals surface area contributed by atoms with E-state index in [2.05, 4.69) is 35.5 Å². The minimum absolute atomic E-state index is 0.0427. The molecule has 0 unspecified atom stereocenters. The van der Waals surface area contributed by atoms with E-state index in [-0.39, 0.29) is 51.3 Å². The van der Waals surface area contributed by atoms with E-state index in [1.165, 1.54) is 66.0 Å². The summed E-state index contributed by atoms with van der Waals surface area (Å²) in [5.41, 5.74) is -0.194. The zero-order valence-electron chi connectivity index (χ0n) is 22.7. The van der Waals surface area contributed by atoms with E-state index in [9.17, 15) is 26.3 Å². The van der Waals surface area contributed by atoms with Gasteiger partial charge in [0.05, 0.1) is 56.8 Å². The number of aromatic amines is 1. The molecule has 5 aliphatic rings. The van der Waals surface area contributed by atoms with Gasteiger partial charge in [-0.05, 0) is 48.6 Å². The van der Waals surface area contributed by atoms with Crippen LogP contribution in [0.15, 0.2) is 115 Å². The Morgan fingerprint density at radius 1 is 0.682 bits per heavy atom. The molecule has 0 saturated carbocycles. The maximum absolute atomic E-state index is 14.7. The molecular formula is C29H19F6N9. The quantitative estimate of drug-likeness (QED) is 0.429. The first-order valence-corrected chi connectivity index (χ1v) is 13.0. The topological polar surface area (TPSA) is 98.3 Å². The monoisotopic (exact) mass is 607 g/mol. The van der Waals surface area contributed by atoms with Crippen molar-refractivity contribution in [3.05, 3.63) is 112 Å². The van der Waals surface area contributed by atoms with Gasteiger partial charge in [0.1, 0.15) is 29.1 Å². The summed E-state index contributed by atoms with van der Waals surface area (Å²) in [4.78, 5) is 21.6. The predicted octanol–water partition coefficient (Wildman–Crippen LogP) is 5.33. The van der Waals surface area contributed by atoms with Gasteiger partial charge in [-0.3, -0.25) is 5.43 Å². The highest BCUT2D eigenvalue weighted by molar-refractivity contribution is 6.34. The van der Waals surface area contributed by atoms with Crippen LogP contribution < -0.4 is 5.43 Å². The van der Waals surface area contributed by atoms with Crippen molar-refractivity contribution >= 4 is 34.6 Å². The summed E-state index contributed by atoms with van der Waals surface area (Å²) in [6.07, 6.45) is 2.47. The van der Waals surface area contributed by atoms with E-state index in [0.717, 1.165) is 0 Å². The molecule has 0 spiro atoms. The molecule has 0 radical (unpaired) electrons. The minimum Gasteiger partial charge on any atom is -0.354 e. The number of aliphatic imine (C=N–C) groups is 3. The van der Waals surface area contributed by atoms with Gasteiger partial charge >= 0.3 is 12.4 Å². The van der Waals surface area contributed by atoms with Crippen LogP contribution in [0.4, 0.5) is 26.3 Å². The summed E-state index contributed by atoms with van der Waals surface area (Å²) in [7, 11) is 3.27. The van der Waals surface area contributed by atoms with Crippen molar-refractivity contribution in [3.63, 3.8) is 0 Å². The highest BCUT2D eigenvalue weighted by atomic mass is 19.4. The van der Waals surface area contributed by atoms with Crippen LogP contribution >= 0.6 is 0 Å². The van der Waals surface area contributed by atoms with Crippen molar-refractivity contribution < 1.29 is 26.3 Å². The van der Waals surface area contributed by atoms with E-state index in [4.69, 9.17) is 0 Å².